The molecule has 1 heterocycles. The fourth-order valence-corrected chi connectivity index (χ4v) is 3.75. The number of rotatable bonds is 6. The van der Waals surface area contributed by atoms with Crippen molar-refractivity contribution in [3.8, 4) is 0 Å². The second kappa shape index (κ2) is 7.06. The van der Waals surface area contributed by atoms with Gasteiger partial charge in [-0.2, -0.15) is 9.71 Å². The van der Waals surface area contributed by atoms with E-state index in [4.69, 9.17) is 4.52 Å². The lowest BCUT2D eigenvalue weighted by Crippen LogP contribution is -2.42. The van der Waals surface area contributed by atoms with Crippen LogP contribution in [0.1, 0.15) is 25.6 Å². The zero-order valence-corrected chi connectivity index (χ0v) is 16.4. The van der Waals surface area contributed by atoms with Crippen LogP contribution in [0.15, 0.2) is 26.0 Å². The molecule has 0 aliphatic carbocycles. The van der Waals surface area contributed by atoms with Crippen molar-refractivity contribution in [2.75, 3.05) is 14.1 Å². The second-order valence-electron chi connectivity index (χ2n) is 6.18. The van der Waals surface area contributed by atoms with Crippen LogP contribution < -0.4 is 4.72 Å². The van der Waals surface area contributed by atoms with Crippen molar-refractivity contribution in [2.24, 2.45) is 0 Å². The molecule has 7 nitrogen and oxygen atoms in total. The molecule has 11 heteroatoms. The molecule has 2 rings (SSSR count). The van der Waals surface area contributed by atoms with Crippen molar-refractivity contribution in [1.29, 1.82) is 0 Å². The van der Waals surface area contributed by atoms with Gasteiger partial charge in [0.15, 0.2) is 5.82 Å². The molecular weight excluding hydrogens is 422 g/mol. The van der Waals surface area contributed by atoms with Gasteiger partial charge in [-0.25, -0.2) is 17.2 Å². The monoisotopic (exact) mass is 438 g/mol. The summed E-state index contributed by atoms with van der Waals surface area (Å²) in [6.45, 7) is 3.35. The van der Waals surface area contributed by atoms with E-state index in [9.17, 15) is 17.2 Å². The average molecular weight is 439 g/mol. The summed E-state index contributed by atoms with van der Waals surface area (Å²) in [5.41, 5.74) is -1.30. The van der Waals surface area contributed by atoms with Gasteiger partial charge in [0.05, 0.1) is 16.6 Å². The smallest absolute Gasteiger partial charge is 0.244 e. The van der Waals surface area contributed by atoms with Crippen LogP contribution in [-0.2, 0) is 22.1 Å². The SMILES string of the molecule is CN(C)Cc1nc(C(C)(C)NS(=O)(=O)c2cc(F)c(Br)cc2F)no1. The molecule has 25 heavy (non-hydrogen) atoms. The fourth-order valence-electron chi connectivity index (χ4n) is 1.99. The molecule has 0 saturated heterocycles. The molecule has 0 atom stereocenters. The van der Waals surface area contributed by atoms with E-state index in [1.807, 2.05) is 14.1 Å². The Morgan fingerprint density at radius 1 is 1.28 bits per heavy atom. The lowest BCUT2D eigenvalue weighted by Gasteiger charge is -2.22. The van der Waals surface area contributed by atoms with Crippen LogP contribution in [0.3, 0.4) is 0 Å². The Bertz CT molecular complexity index is 884. The second-order valence-corrected chi connectivity index (χ2v) is 8.68. The maximum atomic E-state index is 14.0. The van der Waals surface area contributed by atoms with Crippen molar-refractivity contribution in [2.45, 2.75) is 30.8 Å². The van der Waals surface area contributed by atoms with Crippen LogP contribution in [0.5, 0.6) is 0 Å². The Balaban J connectivity index is 2.32. The Kier molecular flexibility index (Phi) is 5.62. The molecule has 1 aromatic heterocycles. The number of nitrogens with one attached hydrogen (secondary N) is 1. The summed E-state index contributed by atoms with van der Waals surface area (Å²) in [6, 6.07) is 1.35. The molecule has 0 fully saturated rings. The number of hydrogen-bond donors (Lipinski definition) is 1. The third kappa shape index (κ3) is 4.60. The third-order valence-corrected chi connectivity index (χ3v) is 5.41. The average Bonchev–Trinajstić information content (AvgIpc) is 2.90. The molecule has 1 N–H and O–H groups in total. The standard InChI is InChI=1S/C14H17BrF2N4O3S/c1-14(2,13-18-12(24-19-13)7-21(3)4)20-25(22,23)11-6-9(16)8(15)5-10(11)17/h5-6,20H,7H2,1-4H3. The maximum Gasteiger partial charge on any atom is 0.244 e. The number of sulfonamides is 1. The highest BCUT2D eigenvalue weighted by Crippen LogP contribution is 2.26. The number of nitrogens with zero attached hydrogens (tertiary/aromatic N) is 3. The number of halogens is 3. The van der Waals surface area contributed by atoms with Crippen LogP contribution in [0.25, 0.3) is 0 Å². The zero-order chi connectivity index (χ0) is 19.0. The Hall–Kier alpha value is -1.43. The topological polar surface area (TPSA) is 88.3 Å². The van der Waals surface area contributed by atoms with Gasteiger partial charge in [0.2, 0.25) is 15.9 Å². The third-order valence-electron chi connectivity index (χ3n) is 3.13. The molecule has 0 aliphatic rings. The van der Waals surface area contributed by atoms with Crippen molar-refractivity contribution < 1.29 is 21.7 Å². The molecule has 138 valence electrons. The van der Waals surface area contributed by atoms with E-state index in [-0.39, 0.29) is 10.3 Å². The lowest BCUT2D eigenvalue weighted by molar-refractivity contribution is 0.298. The molecule has 0 bridgehead atoms. The van der Waals surface area contributed by atoms with Crippen LogP contribution in [-0.4, -0.2) is 37.6 Å². The summed E-state index contributed by atoms with van der Waals surface area (Å²) >= 11 is 2.80. The van der Waals surface area contributed by atoms with Gasteiger partial charge in [-0.15, -0.1) is 0 Å². The van der Waals surface area contributed by atoms with Crippen molar-refractivity contribution in [3.05, 3.63) is 40.0 Å². The Morgan fingerprint density at radius 3 is 2.52 bits per heavy atom. The highest BCUT2D eigenvalue weighted by Gasteiger charge is 2.34. The lowest BCUT2D eigenvalue weighted by atomic mass is 10.1. The van der Waals surface area contributed by atoms with Gasteiger partial charge < -0.3 is 9.42 Å². The van der Waals surface area contributed by atoms with E-state index in [0.29, 0.717) is 18.5 Å². The largest absolute Gasteiger partial charge is 0.338 e. The normalized spacial score (nSPS) is 12.8. The highest BCUT2D eigenvalue weighted by atomic mass is 79.9. The molecule has 2 aromatic rings. The van der Waals surface area contributed by atoms with E-state index in [1.165, 1.54) is 13.8 Å². The molecule has 0 aliphatic heterocycles. The van der Waals surface area contributed by atoms with Gasteiger partial charge in [-0.1, -0.05) is 5.16 Å². The van der Waals surface area contributed by atoms with Crippen molar-refractivity contribution in [3.63, 3.8) is 0 Å². The van der Waals surface area contributed by atoms with Crippen LogP contribution in [0, 0.1) is 11.6 Å². The first-order valence-corrected chi connectivity index (χ1v) is 9.36. The van der Waals surface area contributed by atoms with Gasteiger partial charge >= 0.3 is 0 Å². The summed E-state index contributed by atoms with van der Waals surface area (Å²) in [5, 5.41) is 3.76. The Labute approximate surface area is 152 Å². The van der Waals surface area contributed by atoms with E-state index in [1.54, 1.807) is 4.90 Å². The number of benzene rings is 1. The molecule has 0 spiro atoms. The number of aromatic nitrogens is 2. The molecule has 0 saturated carbocycles. The molecular formula is C14H17BrF2N4O3S. The summed E-state index contributed by atoms with van der Waals surface area (Å²) in [6.07, 6.45) is 0. The first kappa shape index (κ1) is 19.9. The predicted octanol–water partition coefficient (Wildman–Crippen LogP) is 2.39. The minimum Gasteiger partial charge on any atom is -0.338 e. The van der Waals surface area contributed by atoms with Crippen molar-refractivity contribution in [1.82, 2.24) is 19.8 Å². The zero-order valence-electron chi connectivity index (χ0n) is 14.0. The summed E-state index contributed by atoms with van der Waals surface area (Å²) in [7, 11) is -0.752. The first-order chi connectivity index (χ1) is 11.4. The van der Waals surface area contributed by atoms with E-state index >= 15 is 0 Å². The molecule has 0 unspecified atom stereocenters. The quantitative estimate of drug-likeness (QED) is 0.696. The van der Waals surface area contributed by atoms with E-state index < -0.39 is 32.1 Å². The van der Waals surface area contributed by atoms with Gasteiger partial charge in [-0.3, -0.25) is 0 Å². The van der Waals surface area contributed by atoms with Crippen LogP contribution in [0.4, 0.5) is 8.78 Å². The van der Waals surface area contributed by atoms with Crippen LogP contribution >= 0.6 is 15.9 Å². The minimum absolute atomic E-state index is 0.0749. The summed E-state index contributed by atoms with van der Waals surface area (Å²) < 4.78 is 59.7. The summed E-state index contributed by atoms with van der Waals surface area (Å²) in [5.74, 6) is -1.61. The van der Waals surface area contributed by atoms with E-state index in [0.717, 1.165) is 6.07 Å². The molecule has 0 radical (unpaired) electrons. The Morgan fingerprint density at radius 2 is 1.92 bits per heavy atom. The van der Waals surface area contributed by atoms with Gasteiger partial charge in [0, 0.05) is 0 Å². The van der Waals surface area contributed by atoms with Crippen LogP contribution in [0.2, 0.25) is 0 Å². The first-order valence-electron chi connectivity index (χ1n) is 7.08. The predicted molar refractivity (Wildman–Crippen MR) is 89.1 cm³/mol. The van der Waals surface area contributed by atoms with Gasteiger partial charge in [0.25, 0.3) is 0 Å². The molecule has 1 aromatic carbocycles. The van der Waals surface area contributed by atoms with Gasteiger partial charge in [-0.05, 0) is 56.0 Å². The van der Waals surface area contributed by atoms with E-state index in [2.05, 4.69) is 30.8 Å². The minimum atomic E-state index is -4.37. The summed E-state index contributed by atoms with van der Waals surface area (Å²) in [4.78, 5) is 5.13. The number of hydrogen-bond acceptors (Lipinski definition) is 6. The molecule has 0 amide bonds. The van der Waals surface area contributed by atoms with Crippen molar-refractivity contribution >= 4 is 26.0 Å². The maximum absolute atomic E-state index is 14.0. The van der Waals surface area contributed by atoms with Gasteiger partial charge in [0.1, 0.15) is 16.5 Å². The highest BCUT2D eigenvalue weighted by molar-refractivity contribution is 9.10. The fraction of sp³-hybridized carbons (Fsp3) is 0.429.